The molecular formula is C20H23N3O3S. The topological polar surface area (TPSA) is 92.5 Å². The first-order valence-electron chi connectivity index (χ1n) is 9.17. The molecule has 1 unspecified atom stereocenters. The maximum absolute atomic E-state index is 13.0. The second-order valence-electron chi connectivity index (χ2n) is 7.24. The van der Waals surface area contributed by atoms with Crippen LogP contribution >= 0.6 is 0 Å². The summed E-state index contributed by atoms with van der Waals surface area (Å²) in [5.41, 5.74) is 10.4. The number of sulfonamides is 1. The molecule has 4 rings (SSSR count). The van der Waals surface area contributed by atoms with Crippen molar-refractivity contribution in [1.29, 1.82) is 0 Å². The molecule has 142 valence electrons. The fourth-order valence-electron chi connectivity index (χ4n) is 4.08. The summed E-state index contributed by atoms with van der Waals surface area (Å²) in [5, 5.41) is 0. The number of nitrogens with zero attached hydrogens (tertiary/aromatic N) is 1. The number of benzene rings is 2. The van der Waals surface area contributed by atoms with Crippen LogP contribution in [0.15, 0.2) is 41.3 Å². The summed E-state index contributed by atoms with van der Waals surface area (Å²) < 4.78 is 28.8. The van der Waals surface area contributed by atoms with E-state index in [1.165, 1.54) is 6.92 Å². The van der Waals surface area contributed by atoms with Gasteiger partial charge in [-0.3, -0.25) is 4.79 Å². The monoisotopic (exact) mass is 385 g/mol. The second-order valence-corrected chi connectivity index (χ2v) is 8.95. The number of hydrogen-bond acceptors (Lipinski definition) is 4. The Morgan fingerprint density at radius 1 is 1.15 bits per heavy atom. The van der Waals surface area contributed by atoms with Crippen molar-refractivity contribution in [1.82, 2.24) is 4.72 Å². The highest BCUT2D eigenvalue weighted by Crippen LogP contribution is 2.34. The summed E-state index contributed by atoms with van der Waals surface area (Å²) in [6.45, 7) is 2.12. The average Bonchev–Trinajstić information content (AvgIpc) is 3.05. The van der Waals surface area contributed by atoms with Crippen LogP contribution in [0.5, 0.6) is 0 Å². The predicted molar refractivity (Wildman–Crippen MR) is 105 cm³/mol. The molecule has 1 aliphatic carbocycles. The Labute approximate surface area is 159 Å². The first-order chi connectivity index (χ1) is 12.8. The van der Waals surface area contributed by atoms with Crippen molar-refractivity contribution in [3.8, 4) is 0 Å². The minimum absolute atomic E-state index is 0.0273. The molecule has 1 aliphatic heterocycles. The van der Waals surface area contributed by atoms with Gasteiger partial charge in [-0.25, -0.2) is 13.1 Å². The van der Waals surface area contributed by atoms with Crippen molar-refractivity contribution in [2.24, 2.45) is 0 Å². The normalized spacial score (nSPS) is 18.9. The highest BCUT2D eigenvalue weighted by Gasteiger charge is 2.28. The molecule has 0 radical (unpaired) electrons. The fourth-order valence-corrected chi connectivity index (χ4v) is 5.38. The second kappa shape index (κ2) is 6.65. The van der Waals surface area contributed by atoms with E-state index >= 15 is 0 Å². The average molecular weight is 385 g/mol. The molecule has 0 aromatic heterocycles. The van der Waals surface area contributed by atoms with Crippen molar-refractivity contribution >= 4 is 27.3 Å². The molecule has 0 bridgehead atoms. The van der Waals surface area contributed by atoms with Crippen molar-refractivity contribution in [3.63, 3.8) is 0 Å². The highest BCUT2D eigenvalue weighted by molar-refractivity contribution is 7.89. The van der Waals surface area contributed by atoms with Crippen molar-refractivity contribution < 1.29 is 13.2 Å². The Hall–Kier alpha value is -2.38. The van der Waals surface area contributed by atoms with Gasteiger partial charge < -0.3 is 10.6 Å². The number of nitrogen functional groups attached to an aromatic ring is 1. The lowest BCUT2D eigenvalue weighted by Gasteiger charge is -2.26. The van der Waals surface area contributed by atoms with Gasteiger partial charge in [0.25, 0.3) is 0 Å². The minimum Gasteiger partial charge on any atom is -0.399 e. The van der Waals surface area contributed by atoms with Gasteiger partial charge in [0.1, 0.15) is 0 Å². The zero-order chi connectivity index (χ0) is 19.2. The maximum Gasteiger partial charge on any atom is 0.241 e. The third kappa shape index (κ3) is 3.33. The zero-order valence-electron chi connectivity index (χ0n) is 15.2. The lowest BCUT2D eigenvalue weighted by Crippen LogP contribution is -2.31. The van der Waals surface area contributed by atoms with Gasteiger partial charge in [0.05, 0.1) is 4.90 Å². The predicted octanol–water partition coefficient (Wildman–Crippen LogP) is 2.53. The third-order valence-electron chi connectivity index (χ3n) is 5.42. The molecule has 0 spiro atoms. The van der Waals surface area contributed by atoms with Gasteiger partial charge in [-0.1, -0.05) is 6.07 Å². The fraction of sp³-hybridized carbons (Fsp3) is 0.350. The van der Waals surface area contributed by atoms with E-state index in [1.807, 2.05) is 18.2 Å². The van der Waals surface area contributed by atoms with Gasteiger partial charge in [0, 0.05) is 30.9 Å². The Balaban J connectivity index is 1.62. The van der Waals surface area contributed by atoms with E-state index in [0.29, 0.717) is 18.7 Å². The van der Waals surface area contributed by atoms with Gasteiger partial charge in [0.15, 0.2) is 0 Å². The number of hydrogen-bond donors (Lipinski definition) is 2. The largest absolute Gasteiger partial charge is 0.399 e. The summed E-state index contributed by atoms with van der Waals surface area (Å²) in [4.78, 5) is 13.6. The van der Waals surface area contributed by atoms with Crippen LogP contribution in [-0.4, -0.2) is 20.9 Å². The maximum atomic E-state index is 13.0. The number of carbonyl (C=O) groups is 1. The minimum atomic E-state index is -3.66. The Bertz CT molecular complexity index is 1020. The molecule has 0 fully saturated rings. The van der Waals surface area contributed by atoms with Gasteiger partial charge in [-0.2, -0.15) is 0 Å². The third-order valence-corrected chi connectivity index (χ3v) is 6.89. The number of amides is 1. The molecule has 2 aromatic rings. The van der Waals surface area contributed by atoms with Crippen LogP contribution in [0.2, 0.25) is 0 Å². The van der Waals surface area contributed by atoms with Crippen LogP contribution in [0.1, 0.15) is 42.5 Å². The van der Waals surface area contributed by atoms with Gasteiger partial charge in [-0.05, 0) is 72.7 Å². The number of rotatable bonds is 3. The van der Waals surface area contributed by atoms with E-state index in [4.69, 9.17) is 5.73 Å². The Morgan fingerprint density at radius 3 is 2.74 bits per heavy atom. The lowest BCUT2D eigenvalue weighted by molar-refractivity contribution is -0.116. The summed E-state index contributed by atoms with van der Waals surface area (Å²) >= 11 is 0. The Kier molecular flexibility index (Phi) is 4.44. The number of carbonyl (C=O) groups excluding carboxylic acids is 1. The highest BCUT2D eigenvalue weighted by atomic mass is 32.2. The summed E-state index contributed by atoms with van der Waals surface area (Å²) in [7, 11) is -3.66. The van der Waals surface area contributed by atoms with E-state index in [0.717, 1.165) is 41.6 Å². The number of anilines is 2. The standard InChI is InChI=1S/C20H23N3O3S/c1-13(24)23-10-9-15-12-17(6-8-20(15)23)27(25,26)22-19-4-2-3-14-11-16(21)5-7-18(14)19/h5-8,11-12,19,22H,2-4,9-10,21H2,1H3. The molecule has 1 heterocycles. The molecule has 1 atom stereocenters. The van der Waals surface area contributed by atoms with Crippen LogP contribution in [-0.2, 0) is 27.7 Å². The van der Waals surface area contributed by atoms with E-state index in [1.54, 1.807) is 23.1 Å². The van der Waals surface area contributed by atoms with Gasteiger partial charge in [0.2, 0.25) is 15.9 Å². The summed E-state index contributed by atoms with van der Waals surface area (Å²) in [6, 6.07) is 10.4. The molecule has 2 aliphatic rings. The van der Waals surface area contributed by atoms with E-state index < -0.39 is 10.0 Å². The smallest absolute Gasteiger partial charge is 0.241 e. The SMILES string of the molecule is CC(=O)N1CCc2cc(S(=O)(=O)NC3CCCc4cc(N)ccc43)ccc21. The van der Waals surface area contributed by atoms with Gasteiger partial charge in [-0.15, -0.1) is 0 Å². The van der Waals surface area contributed by atoms with Crippen molar-refractivity contribution in [2.45, 2.75) is 43.5 Å². The van der Waals surface area contributed by atoms with Crippen LogP contribution in [0.25, 0.3) is 0 Å². The summed E-state index contributed by atoms with van der Waals surface area (Å²) in [5.74, 6) is -0.0273. The molecule has 27 heavy (non-hydrogen) atoms. The van der Waals surface area contributed by atoms with Crippen molar-refractivity contribution in [2.75, 3.05) is 17.2 Å². The van der Waals surface area contributed by atoms with E-state index in [2.05, 4.69) is 4.72 Å². The first-order valence-corrected chi connectivity index (χ1v) is 10.6. The first kappa shape index (κ1) is 18.0. The van der Waals surface area contributed by atoms with Crippen LogP contribution in [0, 0.1) is 0 Å². The number of aryl methyl sites for hydroxylation is 1. The van der Waals surface area contributed by atoms with Gasteiger partial charge >= 0.3 is 0 Å². The lowest BCUT2D eigenvalue weighted by atomic mass is 9.88. The molecule has 7 heteroatoms. The van der Waals surface area contributed by atoms with Crippen LogP contribution in [0.4, 0.5) is 11.4 Å². The van der Waals surface area contributed by atoms with E-state index in [-0.39, 0.29) is 16.8 Å². The number of nitrogens with two attached hydrogens (primary N) is 1. The molecule has 0 saturated heterocycles. The zero-order valence-corrected chi connectivity index (χ0v) is 16.1. The van der Waals surface area contributed by atoms with E-state index in [9.17, 15) is 13.2 Å². The number of nitrogens with one attached hydrogen (secondary N) is 1. The van der Waals surface area contributed by atoms with Crippen LogP contribution < -0.4 is 15.4 Å². The Morgan fingerprint density at radius 2 is 1.96 bits per heavy atom. The molecule has 0 saturated carbocycles. The molecule has 1 amide bonds. The molecular weight excluding hydrogens is 362 g/mol. The number of fused-ring (bicyclic) bond motifs is 2. The molecule has 6 nitrogen and oxygen atoms in total. The van der Waals surface area contributed by atoms with Crippen molar-refractivity contribution in [3.05, 3.63) is 53.1 Å². The molecule has 2 aromatic carbocycles. The molecule has 3 N–H and O–H groups in total. The summed E-state index contributed by atoms with van der Waals surface area (Å²) in [6.07, 6.45) is 3.27. The van der Waals surface area contributed by atoms with Crippen LogP contribution in [0.3, 0.4) is 0 Å². The quantitative estimate of drug-likeness (QED) is 0.794.